The zero-order valence-corrected chi connectivity index (χ0v) is 10.8. The van der Waals surface area contributed by atoms with E-state index in [0.717, 1.165) is 11.1 Å². The Morgan fingerprint density at radius 2 is 1.79 bits per heavy atom. The van der Waals surface area contributed by atoms with Gasteiger partial charge >= 0.3 is 0 Å². The number of nitrogens with one attached hydrogen (secondary N) is 1. The van der Waals surface area contributed by atoms with Crippen molar-refractivity contribution in [2.24, 2.45) is 5.11 Å². The predicted molar refractivity (Wildman–Crippen MR) is 72.6 cm³/mol. The van der Waals surface area contributed by atoms with Crippen molar-refractivity contribution in [1.82, 2.24) is 0 Å². The first-order chi connectivity index (χ1) is 9.33. The lowest BCUT2D eigenvalue weighted by Crippen LogP contribution is -1.98. The van der Waals surface area contributed by atoms with E-state index < -0.39 is 0 Å². The number of rotatable bonds is 6. The Morgan fingerprint density at radius 3 is 2.47 bits per heavy atom. The Labute approximate surface area is 112 Å². The second-order valence-corrected chi connectivity index (χ2v) is 4.08. The van der Waals surface area contributed by atoms with Gasteiger partial charge in [-0.05, 0) is 23.3 Å². The SMILES string of the molecule is COc1cc(CN=N)ccc1OCc1ccccc1. The number of ether oxygens (including phenoxy) is 2. The molecule has 0 amide bonds. The van der Waals surface area contributed by atoms with Crippen molar-refractivity contribution in [2.45, 2.75) is 13.2 Å². The lowest BCUT2D eigenvalue weighted by Gasteiger charge is -2.11. The molecule has 0 aliphatic rings. The van der Waals surface area contributed by atoms with E-state index in [1.54, 1.807) is 7.11 Å². The van der Waals surface area contributed by atoms with Crippen LogP contribution >= 0.6 is 0 Å². The van der Waals surface area contributed by atoms with Crippen LogP contribution in [0.3, 0.4) is 0 Å². The van der Waals surface area contributed by atoms with Crippen molar-refractivity contribution < 1.29 is 9.47 Å². The standard InChI is InChI=1S/C15H16N2O2/c1-18-15-9-13(10-17-16)7-8-14(15)19-11-12-5-3-2-4-6-12/h2-9,16H,10-11H2,1H3. The fourth-order valence-corrected chi connectivity index (χ4v) is 1.76. The summed E-state index contributed by atoms with van der Waals surface area (Å²) >= 11 is 0. The number of hydrogen-bond donors (Lipinski definition) is 1. The molecular weight excluding hydrogens is 240 g/mol. The zero-order chi connectivity index (χ0) is 13.5. The monoisotopic (exact) mass is 256 g/mol. The van der Waals surface area contributed by atoms with Crippen LogP contribution in [0.2, 0.25) is 0 Å². The minimum Gasteiger partial charge on any atom is -0.493 e. The van der Waals surface area contributed by atoms with Gasteiger partial charge in [0.25, 0.3) is 0 Å². The number of methoxy groups -OCH3 is 1. The Morgan fingerprint density at radius 1 is 1.00 bits per heavy atom. The maximum atomic E-state index is 6.87. The fraction of sp³-hybridized carbons (Fsp3) is 0.200. The van der Waals surface area contributed by atoms with Crippen LogP contribution in [-0.2, 0) is 13.2 Å². The predicted octanol–water partition coefficient (Wildman–Crippen LogP) is 3.81. The highest BCUT2D eigenvalue weighted by molar-refractivity contribution is 5.43. The smallest absolute Gasteiger partial charge is 0.161 e. The Balaban J connectivity index is 2.09. The third-order valence-corrected chi connectivity index (χ3v) is 2.73. The van der Waals surface area contributed by atoms with Gasteiger partial charge in [0.05, 0.1) is 13.7 Å². The molecule has 0 aromatic heterocycles. The third-order valence-electron chi connectivity index (χ3n) is 2.73. The first-order valence-corrected chi connectivity index (χ1v) is 6.00. The molecule has 0 saturated carbocycles. The molecule has 0 radical (unpaired) electrons. The summed E-state index contributed by atoms with van der Waals surface area (Å²) in [5.74, 6) is 1.36. The average molecular weight is 256 g/mol. The van der Waals surface area contributed by atoms with E-state index in [9.17, 15) is 0 Å². The zero-order valence-electron chi connectivity index (χ0n) is 10.8. The molecule has 2 aromatic carbocycles. The Kier molecular flexibility index (Phi) is 4.50. The van der Waals surface area contributed by atoms with Crippen molar-refractivity contribution in [3.05, 3.63) is 59.7 Å². The highest BCUT2D eigenvalue weighted by Crippen LogP contribution is 2.29. The molecule has 0 aliphatic carbocycles. The summed E-state index contributed by atoms with van der Waals surface area (Å²) in [5.41, 5.74) is 8.90. The van der Waals surface area contributed by atoms with Crippen molar-refractivity contribution in [3.63, 3.8) is 0 Å². The molecule has 0 unspecified atom stereocenters. The molecule has 0 atom stereocenters. The first-order valence-electron chi connectivity index (χ1n) is 6.00. The molecule has 0 bridgehead atoms. The van der Waals surface area contributed by atoms with E-state index in [2.05, 4.69) is 5.11 Å². The van der Waals surface area contributed by atoms with Crippen molar-refractivity contribution in [2.75, 3.05) is 7.11 Å². The van der Waals surface area contributed by atoms with Crippen molar-refractivity contribution in [1.29, 1.82) is 5.53 Å². The van der Waals surface area contributed by atoms with Gasteiger partial charge in [0.2, 0.25) is 0 Å². The molecular formula is C15H16N2O2. The molecule has 19 heavy (non-hydrogen) atoms. The van der Waals surface area contributed by atoms with E-state index in [1.807, 2.05) is 48.5 Å². The summed E-state index contributed by atoms with van der Waals surface area (Å²) in [6.07, 6.45) is 0. The van der Waals surface area contributed by atoms with Gasteiger partial charge in [0.1, 0.15) is 6.61 Å². The van der Waals surface area contributed by atoms with E-state index in [1.165, 1.54) is 0 Å². The molecule has 4 heteroatoms. The second-order valence-electron chi connectivity index (χ2n) is 4.08. The molecule has 0 saturated heterocycles. The molecule has 1 N–H and O–H groups in total. The highest BCUT2D eigenvalue weighted by atomic mass is 16.5. The maximum absolute atomic E-state index is 6.87. The molecule has 2 aromatic rings. The molecule has 0 fully saturated rings. The largest absolute Gasteiger partial charge is 0.493 e. The van der Waals surface area contributed by atoms with E-state index >= 15 is 0 Å². The lowest BCUT2D eigenvalue weighted by atomic mass is 10.2. The van der Waals surface area contributed by atoms with Crippen LogP contribution in [0, 0.1) is 5.53 Å². The third kappa shape index (κ3) is 3.55. The quantitative estimate of drug-likeness (QED) is 0.799. The maximum Gasteiger partial charge on any atom is 0.161 e. The minimum absolute atomic E-state index is 0.356. The van der Waals surface area contributed by atoms with E-state index in [0.29, 0.717) is 24.7 Å². The summed E-state index contributed by atoms with van der Waals surface area (Å²) in [7, 11) is 1.60. The minimum atomic E-state index is 0.356. The van der Waals surface area contributed by atoms with Crippen LogP contribution in [0.25, 0.3) is 0 Å². The average Bonchev–Trinajstić information content (AvgIpc) is 2.47. The van der Waals surface area contributed by atoms with Crippen molar-refractivity contribution in [3.8, 4) is 11.5 Å². The van der Waals surface area contributed by atoms with Crippen LogP contribution in [0.5, 0.6) is 11.5 Å². The van der Waals surface area contributed by atoms with Gasteiger partial charge in [0.15, 0.2) is 11.5 Å². The van der Waals surface area contributed by atoms with Crippen LogP contribution in [-0.4, -0.2) is 7.11 Å². The molecule has 98 valence electrons. The Bertz CT molecular complexity index is 541. The van der Waals surface area contributed by atoms with Crippen LogP contribution in [0.4, 0.5) is 0 Å². The molecule has 0 heterocycles. The van der Waals surface area contributed by atoms with Crippen LogP contribution in [0.1, 0.15) is 11.1 Å². The topological polar surface area (TPSA) is 54.7 Å². The van der Waals surface area contributed by atoms with Gasteiger partial charge in [-0.1, -0.05) is 36.4 Å². The first kappa shape index (κ1) is 13.1. The highest BCUT2D eigenvalue weighted by Gasteiger charge is 2.06. The van der Waals surface area contributed by atoms with E-state index in [4.69, 9.17) is 15.0 Å². The molecule has 2 rings (SSSR count). The normalized spacial score (nSPS) is 9.95. The number of nitrogens with zero attached hydrogens (tertiary/aromatic N) is 1. The number of benzene rings is 2. The summed E-state index contributed by atoms with van der Waals surface area (Å²) in [6.45, 7) is 0.856. The van der Waals surface area contributed by atoms with Crippen LogP contribution < -0.4 is 9.47 Å². The van der Waals surface area contributed by atoms with Crippen LogP contribution in [0.15, 0.2) is 53.6 Å². The van der Waals surface area contributed by atoms with Gasteiger partial charge in [-0.15, -0.1) is 0 Å². The number of hydrogen-bond acceptors (Lipinski definition) is 4. The van der Waals surface area contributed by atoms with Gasteiger partial charge in [-0.3, -0.25) is 0 Å². The van der Waals surface area contributed by atoms with Gasteiger partial charge in [0, 0.05) is 0 Å². The van der Waals surface area contributed by atoms with Gasteiger partial charge in [-0.2, -0.15) is 5.11 Å². The molecule has 0 spiro atoms. The van der Waals surface area contributed by atoms with Crippen molar-refractivity contribution >= 4 is 0 Å². The molecule has 4 nitrogen and oxygen atoms in total. The van der Waals surface area contributed by atoms with Gasteiger partial charge in [-0.25, -0.2) is 5.53 Å². The summed E-state index contributed by atoms with van der Waals surface area (Å²) in [5, 5.41) is 3.36. The lowest BCUT2D eigenvalue weighted by molar-refractivity contribution is 0.284. The Hall–Kier alpha value is -2.36. The summed E-state index contributed by atoms with van der Waals surface area (Å²) in [6, 6.07) is 15.5. The molecule has 0 aliphatic heterocycles. The second kappa shape index (κ2) is 6.54. The van der Waals surface area contributed by atoms with E-state index in [-0.39, 0.29) is 0 Å². The fourth-order valence-electron chi connectivity index (χ4n) is 1.76. The summed E-state index contributed by atoms with van der Waals surface area (Å²) in [4.78, 5) is 0. The van der Waals surface area contributed by atoms with Gasteiger partial charge < -0.3 is 9.47 Å². The summed E-state index contributed by atoms with van der Waals surface area (Å²) < 4.78 is 11.0.